The van der Waals surface area contributed by atoms with E-state index in [2.05, 4.69) is 15.1 Å². The van der Waals surface area contributed by atoms with Gasteiger partial charge < -0.3 is 15.1 Å². The molecule has 0 atom stereocenters. The fraction of sp³-hybridized carbons (Fsp3) is 0.333. The van der Waals surface area contributed by atoms with Crippen LogP contribution in [0.3, 0.4) is 0 Å². The Balaban J connectivity index is 1.28. The fourth-order valence-electron chi connectivity index (χ4n) is 5.12. The number of nitrogens with one attached hydrogen (secondary N) is 1. The Kier molecular flexibility index (Phi) is 6.08. The second kappa shape index (κ2) is 9.29. The van der Waals surface area contributed by atoms with Crippen LogP contribution < -0.4 is 10.2 Å². The van der Waals surface area contributed by atoms with E-state index in [1.807, 2.05) is 48.7 Å². The second-order valence-corrected chi connectivity index (χ2v) is 8.79. The number of benzene rings is 2. The summed E-state index contributed by atoms with van der Waals surface area (Å²) in [7, 11) is 0. The van der Waals surface area contributed by atoms with Gasteiger partial charge in [0.25, 0.3) is 0 Å². The van der Waals surface area contributed by atoms with Gasteiger partial charge in [-0.25, -0.2) is 8.78 Å². The number of anilines is 1. The van der Waals surface area contributed by atoms with Crippen molar-refractivity contribution >= 4 is 11.4 Å². The van der Waals surface area contributed by atoms with Crippen LogP contribution in [0.25, 0.3) is 5.70 Å². The molecule has 0 spiro atoms. The zero-order chi connectivity index (χ0) is 21.9. The molecule has 1 fully saturated rings. The molecule has 1 N–H and O–H groups in total. The van der Waals surface area contributed by atoms with Crippen LogP contribution in [0.1, 0.15) is 29.5 Å². The van der Waals surface area contributed by atoms with E-state index in [9.17, 15) is 4.39 Å². The number of allylic oxidation sites excluding steroid dienone is 4. The first-order chi connectivity index (χ1) is 15.7. The summed E-state index contributed by atoms with van der Waals surface area (Å²) in [5.41, 5.74) is 4.98. The van der Waals surface area contributed by atoms with E-state index in [0.717, 1.165) is 63.2 Å². The molecule has 0 unspecified atom stereocenters. The first-order valence-electron chi connectivity index (χ1n) is 11.5. The minimum absolute atomic E-state index is 0.171. The maximum Gasteiger partial charge on any atom is 0.134 e. The van der Waals surface area contributed by atoms with Crippen molar-refractivity contribution in [3.63, 3.8) is 0 Å². The number of hydrogen-bond donors (Lipinski definition) is 1. The van der Waals surface area contributed by atoms with Crippen LogP contribution in [0.5, 0.6) is 0 Å². The summed E-state index contributed by atoms with van der Waals surface area (Å²) >= 11 is 0. The van der Waals surface area contributed by atoms with E-state index in [4.69, 9.17) is 0 Å². The van der Waals surface area contributed by atoms with Gasteiger partial charge in [-0.1, -0.05) is 30.4 Å². The fourth-order valence-corrected chi connectivity index (χ4v) is 5.12. The van der Waals surface area contributed by atoms with Gasteiger partial charge in [0.2, 0.25) is 0 Å². The lowest BCUT2D eigenvalue weighted by molar-refractivity contribution is 0.212. The molecule has 1 saturated heterocycles. The lowest BCUT2D eigenvalue weighted by atomic mass is 9.99. The normalized spacial score (nSPS) is 18.9. The van der Waals surface area contributed by atoms with Crippen LogP contribution in [-0.2, 0) is 12.8 Å². The first-order valence-corrected chi connectivity index (χ1v) is 11.5. The molecule has 3 aliphatic heterocycles. The largest absolute Gasteiger partial charge is 0.367 e. The maximum atomic E-state index is 15.1. The molecular weight excluding hydrogens is 404 g/mol. The number of hydrogen-bond acceptors (Lipinski definition) is 3. The van der Waals surface area contributed by atoms with Crippen molar-refractivity contribution in [2.24, 2.45) is 0 Å². The van der Waals surface area contributed by atoms with Gasteiger partial charge in [0.15, 0.2) is 0 Å². The van der Waals surface area contributed by atoms with Crippen LogP contribution in [0.4, 0.5) is 14.5 Å². The highest BCUT2D eigenvalue weighted by Crippen LogP contribution is 2.39. The number of rotatable bonds is 5. The molecule has 2 aromatic rings. The van der Waals surface area contributed by atoms with Gasteiger partial charge in [0.1, 0.15) is 11.6 Å². The Morgan fingerprint density at radius 1 is 0.906 bits per heavy atom. The Morgan fingerprint density at radius 3 is 2.53 bits per heavy atom. The quantitative estimate of drug-likeness (QED) is 0.712. The molecule has 5 rings (SSSR count). The molecule has 3 nitrogen and oxygen atoms in total. The smallest absolute Gasteiger partial charge is 0.134 e. The zero-order valence-electron chi connectivity index (χ0n) is 18.2. The van der Waals surface area contributed by atoms with Crippen molar-refractivity contribution in [3.05, 3.63) is 95.2 Å². The summed E-state index contributed by atoms with van der Waals surface area (Å²) in [5, 5.41) is 3.25. The summed E-state index contributed by atoms with van der Waals surface area (Å²) in [6.45, 7) is 4.01. The van der Waals surface area contributed by atoms with Gasteiger partial charge in [-0.3, -0.25) is 0 Å². The predicted octanol–water partition coefficient (Wildman–Crippen LogP) is 5.05. The molecule has 0 bridgehead atoms. The third kappa shape index (κ3) is 4.35. The highest BCUT2D eigenvalue weighted by Gasteiger charge is 2.33. The summed E-state index contributed by atoms with van der Waals surface area (Å²) in [4.78, 5) is 4.94. The lowest BCUT2D eigenvalue weighted by Crippen LogP contribution is -2.45. The van der Waals surface area contributed by atoms with Crippen molar-refractivity contribution in [1.29, 1.82) is 0 Å². The third-order valence-corrected chi connectivity index (χ3v) is 6.84. The summed E-state index contributed by atoms with van der Waals surface area (Å²) < 4.78 is 28.2. The minimum Gasteiger partial charge on any atom is -0.367 e. The van der Waals surface area contributed by atoms with Crippen molar-refractivity contribution in [3.8, 4) is 0 Å². The molecule has 0 aliphatic carbocycles. The van der Waals surface area contributed by atoms with Crippen LogP contribution in [-0.4, -0.2) is 37.1 Å². The Morgan fingerprint density at radius 2 is 1.72 bits per heavy atom. The van der Waals surface area contributed by atoms with E-state index in [1.165, 1.54) is 23.3 Å². The van der Waals surface area contributed by atoms with Crippen molar-refractivity contribution < 1.29 is 8.78 Å². The summed E-state index contributed by atoms with van der Waals surface area (Å²) in [6, 6.07) is 10.8. The average Bonchev–Trinajstić information content (AvgIpc) is 3.05. The van der Waals surface area contributed by atoms with Gasteiger partial charge in [-0.15, -0.1) is 0 Å². The molecule has 2 aromatic carbocycles. The molecular formula is C27H29F2N3. The molecule has 166 valence electrons. The average molecular weight is 434 g/mol. The highest BCUT2D eigenvalue weighted by atomic mass is 19.1. The molecule has 5 heteroatoms. The topological polar surface area (TPSA) is 18.5 Å². The van der Waals surface area contributed by atoms with Crippen molar-refractivity contribution in [2.45, 2.75) is 31.7 Å². The number of halogens is 2. The van der Waals surface area contributed by atoms with Gasteiger partial charge in [0.05, 0.1) is 16.9 Å². The van der Waals surface area contributed by atoms with Gasteiger partial charge in [-0.2, -0.15) is 0 Å². The van der Waals surface area contributed by atoms with Gasteiger partial charge in [-0.05, 0) is 67.2 Å². The lowest BCUT2D eigenvalue weighted by Gasteiger charge is -2.39. The molecule has 0 saturated carbocycles. The van der Waals surface area contributed by atoms with Crippen LogP contribution in [0.15, 0.2) is 66.9 Å². The molecule has 3 heterocycles. The van der Waals surface area contributed by atoms with Crippen molar-refractivity contribution in [1.82, 2.24) is 10.2 Å². The van der Waals surface area contributed by atoms with Crippen LogP contribution in [0, 0.1) is 11.6 Å². The van der Waals surface area contributed by atoms with Gasteiger partial charge >= 0.3 is 0 Å². The Bertz CT molecular complexity index is 1050. The Hall–Kier alpha value is -2.92. The standard InChI is InChI=1S/C27H29F2N3/c28-22-8-5-20(6-9-22)11-16-31-17-13-23(14-18-31)32-19-12-21-7-10-24(29)26(27(21)32)25-4-2-1-3-15-30-25/h1-10,15,23,30H,11-14,16-19H2. The highest BCUT2D eigenvalue weighted by molar-refractivity contribution is 5.81. The molecule has 3 aliphatic rings. The molecule has 0 radical (unpaired) electrons. The summed E-state index contributed by atoms with van der Waals surface area (Å²) in [5.74, 6) is -0.354. The molecule has 32 heavy (non-hydrogen) atoms. The third-order valence-electron chi connectivity index (χ3n) is 6.84. The van der Waals surface area contributed by atoms with E-state index >= 15 is 4.39 Å². The minimum atomic E-state index is -0.182. The summed E-state index contributed by atoms with van der Waals surface area (Å²) in [6.07, 6.45) is 13.7. The Labute approximate surface area is 188 Å². The van der Waals surface area contributed by atoms with Crippen LogP contribution >= 0.6 is 0 Å². The first kappa shape index (κ1) is 21.0. The van der Waals surface area contributed by atoms with Gasteiger partial charge in [0, 0.05) is 38.4 Å². The van der Waals surface area contributed by atoms with E-state index in [-0.39, 0.29) is 11.6 Å². The number of piperidine rings is 1. The number of likely N-dealkylation sites (tertiary alicyclic amines) is 1. The van der Waals surface area contributed by atoms with Crippen molar-refractivity contribution in [2.75, 3.05) is 31.1 Å². The van der Waals surface area contributed by atoms with E-state index in [0.29, 0.717) is 11.6 Å². The number of nitrogens with zero attached hydrogens (tertiary/aromatic N) is 2. The molecule has 0 amide bonds. The zero-order valence-corrected chi connectivity index (χ0v) is 18.2. The second-order valence-electron chi connectivity index (χ2n) is 8.79. The SMILES string of the molecule is Fc1ccc(CCN2CCC(N3CCc4ccc(F)c(C5=CC=CC=CN5)c43)CC2)cc1. The monoisotopic (exact) mass is 433 g/mol. The number of fused-ring (bicyclic) bond motifs is 1. The predicted molar refractivity (Wildman–Crippen MR) is 126 cm³/mol. The van der Waals surface area contributed by atoms with E-state index < -0.39 is 0 Å². The molecule has 0 aromatic heterocycles. The van der Waals surface area contributed by atoms with E-state index in [1.54, 1.807) is 6.07 Å². The maximum absolute atomic E-state index is 15.1. The van der Waals surface area contributed by atoms with Crippen LogP contribution in [0.2, 0.25) is 0 Å².